The van der Waals surface area contributed by atoms with Gasteiger partial charge < -0.3 is 50.9 Å². The number of morpholine rings is 1. The molecular formula is C41H52ClF3N14O3. The van der Waals surface area contributed by atoms with Crippen molar-refractivity contribution in [1.82, 2.24) is 40.4 Å². The molecule has 0 spiro atoms. The van der Waals surface area contributed by atoms with E-state index in [1.165, 1.54) is 12.1 Å². The second-order valence-electron chi connectivity index (χ2n) is 15.8. The second kappa shape index (κ2) is 19.6. The number of nitrogens with one attached hydrogen (secondary N) is 5. The smallest absolute Gasteiger partial charge is 0.379 e. The van der Waals surface area contributed by atoms with Crippen LogP contribution < -0.4 is 41.3 Å². The molecule has 3 saturated heterocycles. The summed E-state index contributed by atoms with van der Waals surface area (Å²) < 4.78 is 46.9. The molecular weight excluding hydrogens is 829 g/mol. The first-order valence-electron chi connectivity index (χ1n) is 20.4. The number of hydrogen-bond acceptors (Lipinski definition) is 13. The summed E-state index contributed by atoms with van der Waals surface area (Å²) >= 11 is 6.60. The molecule has 4 aromatic rings. The van der Waals surface area contributed by atoms with Gasteiger partial charge in [-0.15, -0.1) is 0 Å². The van der Waals surface area contributed by atoms with Crippen molar-refractivity contribution >= 4 is 64.3 Å². The van der Waals surface area contributed by atoms with E-state index in [2.05, 4.69) is 46.4 Å². The van der Waals surface area contributed by atoms with Crippen LogP contribution in [-0.4, -0.2) is 135 Å². The minimum atomic E-state index is -4.57. The summed E-state index contributed by atoms with van der Waals surface area (Å²) in [6.07, 6.45) is 0.0664. The first kappa shape index (κ1) is 44.4. The predicted octanol–water partition coefficient (Wildman–Crippen LogP) is 5.44. The Kier molecular flexibility index (Phi) is 14.0. The largest absolute Gasteiger partial charge is 0.416 e. The predicted molar refractivity (Wildman–Crippen MR) is 234 cm³/mol. The van der Waals surface area contributed by atoms with Gasteiger partial charge in [-0.2, -0.15) is 23.1 Å². The highest BCUT2D eigenvalue weighted by Crippen LogP contribution is 2.35. The number of alkyl halides is 3. The number of carbonyl (C=O) groups excluding carboxylic acids is 2. The molecule has 4 amide bonds. The average Bonchev–Trinajstić information content (AvgIpc) is 3.91. The number of ether oxygens (including phenoxy) is 1. The molecule has 5 heterocycles. The Hall–Kier alpha value is -5.70. The fraction of sp³-hybridized carbons (Fsp3) is 0.463. The fourth-order valence-electron chi connectivity index (χ4n) is 7.75. The molecule has 0 saturated carbocycles. The van der Waals surface area contributed by atoms with Gasteiger partial charge >= 0.3 is 18.2 Å². The quantitative estimate of drug-likeness (QED) is 0.115. The van der Waals surface area contributed by atoms with Crippen LogP contribution in [0.1, 0.15) is 29.5 Å². The van der Waals surface area contributed by atoms with E-state index in [4.69, 9.17) is 26.3 Å². The topological polar surface area (TPSA) is 171 Å². The van der Waals surface area contributed by atoms with Crippen LogP contribution in [0.3, 0.4) is 0 Å². The third-order valence-corrected chi connectivity index (χ3v) is 11.3. The van der Waals surface area contributed by atoms with Crippen LogP contribution in [-0.2, 0) is 24.0 Å². The highest BCUT2D eigenvalue weighted by Gasteiger charge is 2.34. The maximum Gasteiger partial charge on any atom is 0.416 e. The number of rotatable bonds is 13. The molecule has 2 atom stereocenters. The molecule has 3 fully saturated rings. The molecule has 17 nitrogen and oxygen atoms in total. The van der Waals surface area contributed by atoms with Gasteiger partial charge in [0.15, 0.2) is 5.82 Å². The van der Waals surface area contributed by atoms with Crippen molar-refractivity contribution in [2.45, 2.75) is 44.2 Å². The number of anilines is 7. The maximum atomic E-state index is 13.8. The summed E-state index contributed by atoms with van der Waals surface area (Å²) in [7, 11) is 6.95. The van der Waals surface area contributed by atoms with Crippen molar-refractivity contribution in [3.05, 3.63) is 76.6 Å². The van der Waals surface area contributed by atoms with Gasteiger partial charge in [-0.3, -0.25) is 4.90 Å². The second-order valence-corrected chi connectivity index (χ2v) is 16.2. The number of aromatic nitrogens is 4. The highest BCUT2D eigenvalue weighted by atomic mass is 35.5. The molecule has 5 N–H and O–H groups in total. The van der Waals surface area contributed by atoms with E-state index >= 15 is 0 Å². The lowest BCUT2D eigenvalue weighted by molar-refractivity contribution is -0.138. The van der Waals surface area contributed by atoms with Crippen LogP contribution >= 0.6 is 11.6 Å². The Morgan fingerprint density at radius 1 is 0.855 bits per heavy atom. The van der Waals surface area contributed by atoms with Gasteiger partial charge in [0, 0.05) is 101 Å². The van der Waals surface area contributed by atoms with Gasteiger partial charge in [0.25, 0.3) is 0 Å². The summed E-state index contributed by atoms with van der Waals surface area (Å²) in [5.41, 5.74) is 1.63. The zero-order valence-electron chi connectivity index (χ0n) is 35.1. The van der Waals surface area contributed by atoms with Crippen LogP contribution in [0.2, 0.25) is 5.02 Å². The van der Waals surface area contributed by atoms with Crippen LogP contribution in [0.4, 0.5) is 63.4 Å². The molecule has 0 aliphatic carbocycles. The lowest BCUT2D eigenvalue weighted by Crippen LogP contribution is -2.40. The van der Waals surface area contributed by atoms with E-state index in [9.17, 15) is 22.8 Å². The molecule has 2 aromatic carbocycles. The molecule has 0 unspecified atom stereocenters. The average molecular weight is 881 g/mol. The van der Waals surface area contributed by atoms with Crippen molar-refractivity contribution in [3.63, 3.8) is 0 Å². The number of urea groups is 2. The normalized spacial score (nSPS) is 18.2. The first-order valence-corrected chi connectivity index (χ1v) is 20.8. The third kappa shape index (κ3) is 11.2. The first-order chi connectivity index (χ1) is 29.7. The standard InChI is InChI=1S/C41H52ClF3N14O3/c1-46-37-48-21-34(36(54-37)59-14-11-31(25-59)52-40(61)50-29-8-6-27(33(42)20-29)23-57-15-17-62-18-16-57)56(4)38-47-12-9-35(53-38)58-13-10-30(24-58)51-39(60)49-28-7-5-26(22-55(2)3)32(19-28)41(43,44)45/h5-9,12,19-21,30-31H,10-11,13-18,22-25H2,1-4H3,(H,46,48,54)(H2,49,51,60)(H2,50,52,61)/t30-,31-/m0/s1. The zero-order chi connectivity index (χ0) is 44.0. The summed E-state index contributed by atoms with van der Waals surface area (Å²) in [5, 5.41) is 15.0. The highest BCUT2D eigenvalue weighted by molar-refractivity contribution is 6.31. The van der Waals surface area contributed by atoms with Gasteiger partial charge in [-0.1, -0.05) is 23.7 Å². The molecule has 0 bridgehead atoms. The summed E-state index contributed by atoms with van der Waals surface area (Å²) in [5.74, 6) is 2.09. The number of nitrogens with zero attached hydrogens (tertiary/aromatic N) is 9. The third-order valence-electron chi connectivity index (χ3n) is 10.9. The Labute approximate surface area is 363 Å². The van der Waals surface area contributed by atoms with Crippen LogP contribution in [0.5, 0.6) is 0 Å². The van der Waals surface area contributed by atoms with Crippen molar-refractivity contribution < 1.29 is 27.5 Å². The van der Waals surface area contributed by atoms with Gasteiger partial charge in [0.05, 0.1) is 25.0 Å². The molecule has 3 aliphatic heterocycles. The number of benzene rings is 2. The van der Waals surface area contributed by atoms with Crippen molar-refractivity contribution in [2.24, 2.45) is 0 Å². The molecule has 2 aromatic heterocycles. The Bertz CT molecular complexity index is 2210. The van der Waals surface area contributed by atoms with E-state index in [1.54, 1.807) is 55.5 Å². The van der Waals surface area contributed by atoms with Gasteiger partial charge in [-0.25, -0.2) is 19.6 Å². The zero-order valence-corrected chi connectivity index (χ0v) is 35.9. The Morgan fingerprint density at radius 3 is 2.15 bits per heavy atom. The number of hydrogen-bond donors (Lipinski definition) is 5. The lowest BCUT2D eigenvalue weighted by atomic mass is 10.1. The van der Waals surface area contributed by atoms with Crippen LogP contribution in [0, 0.1) is 0 Å². The maximum absolute atomic E-state index is 13.8. The van der Waals surface area contributed by atoms with E-state index < -0.39 is 17.8 Å². The molecule has 332 valence electrons. The van der Waals surface area contributed by atoms with Gasteiger partial charge in [0.2, 0.25) is 11.9 Å². The van der Waals surface area contributed by atoms with Crippen molar-refractivity contribution in [1.29, 1.82) is 0 Å². The van der Waals surface area contributed by atoms with Crippen LogP contribution in [0.15, 0.2) is 54.9 Å². The monoisotopic (exact) mass is 880 g/mol. The van der Waals surface area contributed by atoms with E-state index in [-0.39, 0.29) is 35.9 Å². The Morgan fingerprint density at radius 2 is 1.50 bits per heavy atom. The van der Waals surface area contributed by atoms with E-state index in [0.717, 1.165) is 31.3 Å². The lowest BCUT2D eigenvalue weighted by Gasteiger charge is -2.27. The number of halogens is 4. The molecule has 7 rings (SSSR count). The Balaban J connectivity index is 0.950. The SMILES string of the molecule is CNc1ncc(N(C)c2nccc(N3CC[C@H](NC(=O)Nc4ccc(CN(C)C)c(C(F)(F)F)c4)C3)n2)c(N2CC[C@H](NC(=O)Nc3ccc(CN4CCOCC4)c(Cl)c3)C2)n1. The van der Waals surface area contributed by atoms with E-state index in [1.807, 2.05) is 24.1 Å². The minimum absolute atomic E-state index is 0.0516. The molecule has 0 radical (unpaired) electrons. The summed E-state index contributed by atoms with van der Waals surface area (Å²) in [4.78, 5) is 54.6. The summed E-state index contributed by atoms with van der Waals surface area (Å²) in [6, 6.07) is 9.79. The van der Waals surface area contributed by atoms with Gasteiger partial charge in [0.1, 0.15) is 11.5 Å². The number of amides is 4. The van der Waals surface area contributed by atoms with Gasteiger partial charge in [-0.05, 0) is 68.4 Å². The number of carbonyl (C=O) groups is 2. The molecule has 21 heteroatoms. The molecule has 3 aliphatic rings. The van der Waals surface area contributed by atoms with E-state index in [0.29, 0.717) is 92.2 Å². The van der Waals surface area contributed by atoms with Crippen molar-refractivity contribution in [3.8, 4) is 0 Å². The molecule has 62 heavy (non-hydrogen) atoms. The van der Waals surface area contributed by atoms with Crippen molar-refractivity contribution in [2.75, 3.05) is 111 Å². The summed E-state index contributed by atoms with van der Waals surface area (Å²) in [6.45, 7) is 6.06. The minimum Gasteiger partial charge on any atom is -0.379 e. The van der Waals surface area contributed by atoms with Crippen LogP contribution in [0.25, 0.3) is 0 Å². The fourth-order valence-corrected chi connectivity index (χ4v) is 7.99.